The van der Waals surface area contributed by atoms with Crippen LogP contribution in [0, 0.1) is 0 Å². The quantitative estimate of drug-likeness (QED) is 0.846. The van der Waals surface area contributed by atoms with Crippen molar-refractivity contribution in [1.82, 2.24) is 19.6 Å². The molecule has 3 rings (SSSR count). The van der Waals surface area contributed by atoms with E-state index in [0.717, 1.165) is 39.1 Å². The molecule has 3 heterocycles. The van der Waals surface area contributed by atoms with Gasteiger partial charge in [0.25, 0.3) is 0 Å². The van der Waals surface area contributed by atoms with Crippen LogP contribution in [0.5, 0.6) is 0 Å². The summed E-state index contributed by atoms with van der Waals surface area (Å²) < 4.78 is 2.18. The number of fused-ring (bicyclic) bond motifs is 1. The van der Waals surface area contributed by atoms with Crippen molar-refractivity contribution >= 4 is 5.52 Å². The standard InChI is InChI=1S/C13H18N4/c1-2-7-17-12(3-1)11-15-13(17)4-8-16-9-5-14-6-10-16/h1-3,7,11,14H,4-6,8-10H2. The van der Waals surface area contributed by atoms with Crippen molar-refractivity contribution < 1.29 is 0 Å². The van der Waals surface area contributed by atoms with Crippen molar-refractivity contribution in [2.45, 2.75) is 6.42 Å². The molecule has 1 N–H and O–H groups in total. The Labute approximate surface area is 101 Å². The molecule has 90 valence electrons. The minimum atomic E-state index is 1.03. The van der Waals surface area contributed by atoms with Gasteiger partial charge in [-0.3, -0.25) is 0 Å². The average Bonchev–Trinajstić information content (AvgIpc) is 2.81. The van der Waals surface area contributed by atoms with Gasteiger partial charge in [0.1, 0.15) is 5.82 Å². The molecule has 0 saturated carbocycles. The fourth-order valence-corrected chi connectivity index (χ4v) is 2.38. The number of hydrogen-bond acceptors (Lipinski definition) is 3. The number of imidazole rings is 1. The number of piperazine rings is 1. The van der Waals surface area contributed by atoms with Gasteiger partial charge in [-0.15, -0.1) is 0 Å². The molecule has 2 aromatic heterocycles. The van der Waals surface area contributed by atoms with E-state index in [0.29, 0.717) is 0 Å². The predicted molar refractivity (Wildman–Crippen MR) is 68.2 cm³/mol. The highest BCUT2D eigenvalue weighted by molar-refractivity contribution is 5.45. The van der Waals surface area contributed by atoms with Gasteiger partial charge in [-0.1, -0.05) is 6.07 Å². The zero-order valence-electron chi connectivity index (χ0n) is 9.97. The first-order valence-electron chi connectivity index (χ1n) is 6.27. The van der Waals surface area contributed by atoms with Crippen molar-refractivity contribution in [2.75, 3.05) is 32.7 Å². The minimum absolute atomic E-state index is 1.03. The average molecular weight is 230 g/mol. The lowest BCUT2D eigenvalue weighted by Gasteiger charge is -2.26. The van der Waals surface area contributed by atoms with E-state index in [4.69, 9.17) is 0 Å². The van der Waals surface area contributed by atoms with Crippen LogP contribution >= 0.6 is 0 Å². The minimum Gasteiger partial charge on any atom is -0.314 e. The molecule has 0 radical (unpaired) electrons. The molecular weight excluding hydrogens is 212 g/mol. The Morgan fingerprint density at radius 3 is 3.00 bits per heavy atom. The van der Waals surface area contributed by atoms with E-state index >= 15 is 0 Å². The molecule has 1 saturated heterocycles. The van der Waals surface area contributed by atoms with Gasteiger partial charge in [0.2, 0.25) is 0 Å². The maximum Gasteiger partial charge on any atom is 0.114 e. The van der Waals surface area contributed by atoms with Crippen LogP contribution in [0.3, 0.4) is 0 Å². The first kappa shape index (κ1) is 10.7. The van der Waals surface area contributed by atoms with Gasteiger partial charge < -0.3 is 14.6 Å². The summed E-state index contributed by atoms with van der Waals surface area (Å²) in [6.07, 6.45) is 5.07. The van der Waals surface area contributed by atoms with Crippen molar-refractivity contribution in [2.24, 2.45) is 0 Å². The topological polar surface area (TPSA) is 32.6 Å². The SMILES string of the molecule is c1ccn2c(CCN3CCNCC3)ncc2c1. The maximum atomic E-state index is 4.50. The monoisotopic (exact) mass is 230 g/mol. The van der Waals surface area contributed by atoms with Gasteiger partial charge in [-0.25, -0.2) is 4.98 Å². The van der Waals surface area contributed by atoms with Crippen molar-refractivity contribution in [1.29, 1.82) is 0 Å². The molecule has 4 nitrogen and oxygen atoms in total. The number of nitrogens with zero attached hydrogens (tertiary/aromatic N) is 3. The van der Waals surface area contributed by atoms with Crippen LogP contribution in [0.1, 0.15) is 5.82 Å². The van der Waals surface area contributed by atoms with Gasteiger partial charge >= 0.3 is 0 Å². The van der Waals surface area contributed by atoms with E-state index in [1.165, 1.54) is 11.3 Å². The summed E-state index contributed by atoms with van der Waals surface area (Å²) in [6, 6.07) is 6.21. The molecule has 0 aliphatic carbocycles. The van der Waals surface area contributed by atoms with E-state index in [1.807, 2.05) is 6.20 Å². The number of aromatic nitrogens is 2. The lowest BCUT2D eigenvalue weighted by molar-refractivity contribution is 0.242. The fraction of sp³-hybridized carbons (Fsp3) is 0.462. The lowest BCUT2D eigenvalue weighted by Crippen LogP contribution is -2.44. The second-order valence-electron chi connectivity index (χ2n) is 4.51. The van der Waals surface area contributed by atoms with Crippen LogP contribution in [0.2, 0.25) is 0 Å². The zero-order valence-corrected chi connectivity index (χ0v) is 9.97. The third-order valence-corrected chi connectivity index (χ3v) is 3.38. The van der Waals surface area contributed by atoms with Gasteiger partial charge in [-0.05, 0) is 12.1 Å². The molecule has 1 fully saturated rings. The van der Waals surface area contributed by atoms with Crippen molar-refractivity contribution in [3.63, 3.8) is 0 Å². The molecule has 4 heteroatoms. The second kappa shape index (κ2) is 4.85. The van der Waals surface area contributed by atoms with Gasteiger partial charge in [0.05, 0.1) is 11.7 Å². The molecule has 0 amide bonds. The Balaban J connectivity index is 1.68. The Bertz CT molecular complexity index is 485. The Kier molecular flexibility index (Phi) is 3.07. The third-order valence-electron chi connectivity index (χ3n) is 3.38. The highest BCUT2D eigenvalue weighted by Crippen LogP contribution is 2.07. The summed E-state index contributed by atoms with van der Waals surface area (Å²) in [7, 11) is 0. The van der Waals surface area contributed by atoms with E-state index in [2.05, 4.69) is 44.0 Å². The Morgan fingerprint density at radius 2 is 2.12 bits per heavy atom. The number of hydrogen-bond donors (Lipinski definition) is 1. The molecule has 1 aliphatic heterocycles. The largest absolute Gasteiger partial charge is 0.314 e. The highest BCUT2D eigenvalue weighted by atomic mass is 15.2. The van der Waals surface area contributed by atoms with Crippen molar-refractivity contribution in [3.8, 4) is 0 Å². The van der Waals surface area contributed by atoms with E-state index in [1.54, 1.807) is 0 Å². The highest BCUT2D eigenvalue weighted by Gasteiger charge is 2.10. The molecule has 0 spiro atoms. The molecule has 0 bridgehead atoms. The third kappa shape index (κ3) is 2.33. The zero-order chi connectivity index (χ0) is 11.5. The van der Waals surface area contributed by atoms with Gasteiger partial charge in [-0.2, -0.15) is 0 Å². The van der Waals surface area contributed by atoms with E-state index < -0.39 is 0 Å². The van der Waals surface area contributed by atoms with Gasteiger partial charge in [0, 0.05) is 45.3 Å². The lowest BCUT2D eigenvalue weighted by atomic mass is 10.3. The van der Waals surface area contributed by atoms with Crippen LogP contribution < -0.4 is 5.32 Å². The van der Waals surface area contributed by atoms with Crippen LogP contribution in [0.4, 0.5) is 0 Å². The van der Waals surface area contributed by atoms with Crippen LogP contribution in [-0.4, -0.2) is 47.0 Å². The molecule has 0 aromatic carbocycles. The number of nitrogens with one attached hydrogen (secondary N) is 1. The molecule has 2 aromatic rings. The summed E-state index contributed by atoms with van der Waals surface area (Å²) in [5.74, 6) is 1.17. The van der Waals surface area contributed by atoms with Crippen LogP contribution in [0.15, 0.2) is 30.6 Å². The van der Waals surface area contributed by atoms with Gasteiger partial charge in [0.15, 0.2) is 0 Å². The summed E-state index contributed by atoms with van der Waals surface area (Å²) in [6.45, 7) is 5.65. The maximum absolute atomic E-state index is 4.50. The normalized spacial score (nSPS) is 17.6. The molecular formula is C13H18N4. The first-order chi connectivity index (χ1) is 8.43. The van der Waals surface area contributed by atoms with Crippen LogP contribution in [0.25, 0.3) is 5.52 Å². The second-order valence-corrected chi connectivity index (χ2v) is 4.51. The molecule has 17 heavy (non-hydrogen) atoms. The van der Waals surface area contributed by atoms with Crippen molar-refractivity contribution in [3.05, 3.63) is 36.4 Å². The summed E-state index contributed by atoms with van der Waals surface area (Å²) in [5.41, 5.74) is 1.18. The summed E-state index contributed by atoms with van der Waals surface area (Å²) in [5, 5.41) is 3.38. The van der Waals surface area contributed by atoms with E-state index in [9.17, 15) is 0 Å². The van der Waals surface area contributed by atoms with E-state index in [-0.39, 0.29) is 0 Å². The number of rotatable bonds is 3. The summed E-state index contributed by atoms with van der Waals surface area (Å²) in [4.78, 5) is 7.00. The Morgan fingerprint density at radius 1 is 1.24 bits per heavy atom. The van der Waals surface area contributed by atoms with Crippen LogP contribution in [-0.2, 0) is 6.42 Å². The smallest absolute Gasteiger partial charge is 0.114 e. The first-order valence-corrected chi connectivity index (χ1v) is 6.27. The number of pyridine rings is 1. The Hall–Kier alpha value is -1.39. The predicted octanol–water partition coefficient (Wildman–Crippen LogP) is 0.782. The molecule has 0 unspecified atom stereocenters. The summed E-state index contributed by atoms with van der Waals surface area (Å²) >= 11 is 0. The fourth-order valence-electron chi connectivity index (χ4n) is 2.38. The molecule has 1 aliphatic rings. The molecule has 0 atom stereocenters.